The maximum atomic E-state index is 13.2. The molecule has 0 radical (unpaired) electrons. The molecule has 4 heterocycles. The molecule has 1 unspecified atom stereocenters. The Labute approximate surface area is 155 Å². The van der Waals surface area contributed by atoms with Crippen LogP contribution in [0.15, 0.2) is 66.3 Å². The van der Waals surface area contributed by atoms with Crippen molar-refractivity contribution in [1.82, 2.24) is 14.9 Å². The molecule has 4 nitrogen and oxygen atoms in total. The molecule has 0 aliphatic carbocycles. The fourth-order valence-corrected chi connectivity index (χ4v) is 4.56. The fraction of sp³-hybridized carbons (Fsp3) is 0.143. The van der Waals surface area contributed by atoms with Gasteiger partial charge in [0.05, 0.1) is 10.9 Å². The van der Waals surface area contributed by atoms with Gasteiger partial charge < -0.3 is 9.88 Å². The lowest BCUT2D eigenvalue weighted by molar-refractivity contribution is 0.0697. The summed E-state index contributed by atoms with van der Waals surface area (Å²) in [6.45, 7) is 0.700. The van der Waals surface area contributed by atoms with Crippen LogP contribution in [0, 0.1) is 0 Å². The molecular formula is C21H17N3OS. The molecule has 1 aliphatic rings. The SMILES string of the molecule is O=C(c1cccs1)N1CCc2c([nH]c3ccccc23)C1c1cccnc1. The number of fused-ring (bicyclic) bond motifs is 3. The van der Waals surface area contributed by atoms with E-state index in [1.807, 2.05) is 46.8 Å². The standard InChI is InChI=1S/C21H17N3OS/c25-21(18-8-4-12-26-18)24-11-9-16-15-6-1-2-7-17(15)23-19(16)20(24)14-5-3-10-22-13-14/h1-8,10,12-13,20,23H,9,11H2. The average Bonchev–Trinajstić information content (AvgIpc) is 3.35. The van der Waals surface area contributed by atoms with Crippen LogP contribution in [0.5, 0.6) is 0 Å². The highest BCUT2D eigenvalue weighted by molar-refractivity contribution is 7.12. The minimum absolute atomic E-state index is 0.0816. The number of benzene rings is 1. The van der Waals surface area contributed by atoms with E-state index < -0.39 is 0 Å². The van der Waals surface area contributed by atoms with E-state index in [-0.39, 0.29) is 11.9 Å². The molecule has 1 aliphatic heterocycles. The van der Waals surface area contributed by atoms with Gasteiger partial charge in [0.1, 0.15) is 0 Å². The number of amides is 1. The van der Waals surface area contributed by atoms with Gasteiger partial charge in [0.2, 0.25) is 0 Å². The van der Waals surface area contributed by atoms with Gasteiger partial charge in [-0.15, -0.1) is 11.3 Å². The Kier molecular flexibility index (Phi) is 3.60. The Balaban J connectivity index is 1.69. The highest BCUT2D eigenvalue weighted by Gasteiger charge is 2.35. The highest BCUT2D eigenvalue weighted by atomic mass is 32.1. The maximum Gasteiger partial charge on any atom is 0.264 e. The molecule has 1 amide bonds. The van der Waals surface area contributed by atoms with E-state index in [4.69, 9.17) is 0 Å². The normalized spacial score (nSPS) is 16.6. The third-order valence-corrected chi connectivity index (χ3v) is 5.89. The molecule has 1 atom stereocenters. The summed E-state index contributed by atoms with van der Waals surface area (Å²) < 4.78 is 0. The maximum absolute atomic E-state index is 13.2. The van der Waals surface area contributed by atoms with Crippen molar-refractivity contribution in [3.8, 4) is 0 Å². The van der Waals surface area contributed by atoms with Gasteiger partial charge in [-0.3, -0.25) is 9.78 Å². The van der Waals surface area contributed by atoms with Crippen LogP contribution in [0.4, 0.5) is 0 Å². The number of para-hydroxylation sites is 1. The van der Waals surface area contributed by atoms with Crippen LogP contribution < -0.4 is 0 Å². The zero-order chi connectivity index (χ0) is 17.5. The minimum atomic E-state index is -0.144. The summed E-state index contributed by atoms with van der Waals surface area (Å²) in [4.78, 5) is 23.8. The van der Waals surface area contributed by atoms with Crippen LogP contribution in [0.25, 0.3) is 10.9 Å². The highest BCUT2D eigenvalue weighted by Crippen LogP contribution is 2.39. The van der Waals surface area contributed by atoms with Crippen molar-refractivity contribution in [1.29, 1.82) is 0 Å². The predicted molar refractivity (Wildman–Crippen MR) is 103 cm³/mol. The lowest BCUT2D eigenvalue weighted by Gasteiger charge is -2.35. The van der Waals surface area contributed by atoms with Crippen LogP contribution >= 0.6 is 11.3 Å². The average molecular weight is 359 g/mol. The van der Waals surface area contributed by atoms with Gasteiger partial charge in [-0.25, -0.2) is 0 Å². The first kappa shape index (κ1) is 15.3. The van der Waals surface area contributed by atoms with Crippen LogP contribution in [0.2, 0.25) is 0 Å². The van der Waals surface area contributed by atoms with Gasteiger partial charge >= 0.3 is 0 Å². The second-order valence-corrected chi connectivity index (χ2v) is 7.43. The van der Waals surface area contributed by atoms with E-state index in [1.54, 1.807) is 6.20 Å². The first-order valence-electron chi connectivity index (χ1n) is 8.67. The van der Waals surface area contributed by atoms with E-state index in [0.29, 0.717) is 6.54 Å². The van der Waals surface area contributed by atoms with E-state index in [9.17, 15) is 4.79 Å². The predicted octanol–water partition coefficient (Wildman–Crippen LogP) is 4.41. The van der Waals surface area contributed by atoms with Crippen LogP contribution in [0.3, 0.4) is 0 Å². The van der Waals surface area contributed by atoms with Crippen molar-refractivity contribution in [2.75, 3.05) is 6.54 Å². The molecule has 5 rings (SSSR count). The van der Waals surface area contributed by atoms with Crippen LogP contribution in [-0.4, -0.2) is 27.3 Å². The second-order valence-electron chi connectivity index (χ2n) is 6.48. The number of aromatic nitrogens is 2. The van der Waals surface area contributed by atoms with E-state index in [1.165, 1.54) is 22.3 Å². The number of carbonyl (C=O) groups is 1. The summed E-state index contributed by atoms with van der Waals surface area (Å²) in [6.07, 6.45) is 4.48. The van der Waals surface area contributed by atoms with E-state index in [2.05, 4.69) is 28.2 Å². The number of hydrogen-bond donors (Lipinski definition) is 1. The zero-order valence-electron chi connectivity index (χ0n) is 14.1. The molecule has 0 bridgehead atoms. The number of hydrogen-bond acceptors (Lipinski definition) is 3. The van der Waals surface area contributed by atoms with Crippen molar-refractivity contribution in [3.63, 3.8) is 0 Å². The lowest BCUT2D eigenvalue weighted by atomic mass is 9.93. The molecule has 4 aromatic rings. The summed E-state index contributed by atoms with van der Waals surface area (Å²) >= 11 is 1.49. The Morgan fingerprint density at radius 3 is 2.88 bits per heavy atom. The third kappa shape index (κ3) is 2.35. The van der Waals surface area contributed by atoms with Crippen molar-refractivity contribution >= 4 is 28.1 Å². The lowest BCUT2D eigenvalue weighted by Crippen LogP contribution is -2.40. The number of nitrogens with zero attached hydrogens (tertiary/aromatic N) is 2. The van der Waals surface area contributed by atoms with Gasteiger partial charge in [0, 0.05) is 35.5 Å². The first-order chi connectivity index (χ1) is 12.8. The molecule has 0 saturated carbocycles. The molecule has 26 heavy (non-hydrogen) atoms. The van der Waals surface area contributed by atoms with Crippen molar-refractivity contribution < 1.29 is 4.79 Å². The summed E-state index contributed by atoms with van der Waals surface area (Å²) in [6, 6.07) is 16.0. The zero-order valence-corrected chi connectivity index (χ0v) is 14.9. The van der Waals surface area contributed by atoms with E-state index in [0.717, 1.165) is 28.1 Å². The first-order valence-corrected chi connectivity index (χ1v) is 9.55. The number of thiophene rings is 1. The smallest absolute Gasteiger partial charge is 0.264 e. The molecule has 1 aromatic carbocycles. The van der Waals surface area contributed by atoms with Crippen molar-refractivity contribution in [3.05, 3.63) is 88.0 Å². The summed E-state index contributed by atoms with van der Waals surface area (Å²) in [5, 5.41) is 3.20. The van der Waals surface area contributed by atoms with Gasteiger partial charge in [0.25, 0.3) is 5.91 Å². The molecule has 0 fully saturated rings. The number of nitrogens with one attached hydrogen (secondary N) is 1. The van der Waals surface area contributed by atoms with Crippen molar-refractivity contribution in [2.45, 2.75) is 12.5 Å². The Morgan fingerprint density at radius 2 is 2.08 bits per heavy atom. The third-order valence-electron chi connectivity index (χ3n) is 5.03. The number of rotatable bonds is 2. The van der Waals surface area contributed by atoms with Gasteiger partial charge in [0.15, 0.2) is 0 Å². The fourth-order valence-electron chi connectivity index (χ4n) is 3.89. The van der Waals surface area contributed by atoms with Gasteiger partial charge in [-0.2, -0.15) is 0 Å². The largest absolute Gasteiger partial charge is 0.356 e. The van der Waals surface area contributed by atoms with Crippen molar-refractivity contribution in [2.24, 2.45) is 0 Å². The molecule has 0 saturated heterocycles. The minimum Gasteiger partial charge on any atom is -0.356 e. The second kappa shape index (κ2) is 6.11. The molecule has 128 valence electrons. The molecule has 1 N–H and O–H groups in total. The number of pyridine rings is 1. The quantitative estimate of drug-likeness (QED) is 0.576. The monoisotopic (exact) mass is 359 g/mol. The Hall–Kier alpha value is -2.92. The van der Waals surface area contributed by atoms with Gasteiger partial charge in [-0.1, -0.05) is 30.3 Å². The molecular weight excluding hydrogens is 342 g/mol. The van der Waals surface area contributed by atoms with E-state index >= 15 is 0 Å². The number of H-pyrrole nitrogens is 1. The molecule has 0 spiro atoms. The van der Waals surface area contributed by atoms with Crippen LogP contribution in [-0.2, 0) is 6.42 Å². The number of carbonyl (C=O) groups excluding carboxylic acids is 1. The van der Waals surface area contributed by atoms with Crippen LogP contribution in [0.1, 0.15) is 32.5 Å². The summed E-state index contributed by atoms with van der Waals surface area (Å²) in [7, 11) is 0. The number of aromatic amines is 1. The summed E-state index contributed by atoms with van der Waals surface area (Å²) in [5.74, 6) is 0.0816. The Morgan fingerprint density at radius 1 is 1.15 bits per heavy atom. The Bertz CT molecular complexity index is 1070. The summed E-state index contributed by atoms with van der Waals surface area (Å²) in [5.41, 5.74) is 4.57. The topological polar surface area (TPSA) is 49.0 Å². The molecule has 5 heteroatoms. The van der Waals surface area contributed by atoms with Gasteiger partial charge in [-0.05, 0) is 41.1 Å². The molecule has 3 aromatic heterocycles.